The first-order valence-electron chi connectivity index (χ1n) is 10.1. The van der Waals surface area contributed by atoms with Crippen molar-refractivity contribution in [2.24, 2.45) is 7.05 Å². The second-order valence-corrected chi connectivity index (χ2v) is 7.38. The van der Waals surface area contributed by atoms with Gasteiger partial charge in [-0.1, -0.05) is 0 Å². The van der Waals surface area contributed by atoms with Crippen molar-refractivity contribution in [3.63, 3.8) is 0 Å². The topological polar surface area (TPSA) is 86.3 Å². The summed E-state index contributed by atoms with van der Waals surface area (Å²) in [7, 11) is 3.16. The summed E-state index contributed by atoms with van der Waals surface area (Å²) in [5, 5.41) is 6.96. The Kier molecular flexibility index (Phi) is 5.06. The number of methoxy groups -OCH3 is 1. The standard InChI is InChI=1S/C24H19FN6O2/c1-30-23(15-3-7-18(25)8-4-15)19(12-28-30)17-6-10-22-27-13-20(31(22)14-17)16-5-9-21(26-11-16)29-24(32)33-2/h3-14H,1-2H3,(H,26,29,32). The number of nitrogens with one attached hydrogen (secondary N) is 1. The number of aromatic nitrogens is 5. The Balaban J connectivity index is 1.55. The van der Waals surface area contributed by atoms with E-state index in [9.17, 15) is 9.18 Å². The van der Waals surface area contributed by atoms with Gasteiger partial charge in [0.1, 0.15) is 17.3 Å². The van der Waals surface area contributed by atoms with Gasteiger partial charge in [0.05, 0.1) is 30.9 Å². The molecule has 164 valence electrons. The van der Waals surface area contributed by atoms with E-state index in [2.05, 4.69) is 25.1 Å². The van der Waals surface area contributed by atoms with Crippen molar-refractivity contribution in [3.05, 3.63) is 79.1 Å². The number of ether oxygens (including phenoxy) is 1. The number of hydrogen-bond donors (Lipinski definition) is 1. The highest BCUT2D eigenvalue weighted by atomic mass is 19.1. The predicted molar refractivity (Wildman–Crippen MR) is 122 cm³/mol. The Labute approximate surface area is 188 Å². The Morgan fingerprint density at radius 2 is 1.70 bits per heavy atom. The lowest BCUT2D eigenvalue weighted by atomic mass is 10.0. The molecule has 0 saturated carbocycles. The Morgan fingerprint density at radius 3 is 2.42 bits per heavy atom. The zero-order valence-electron chi connectivity index (χ0n) is 17.9. The minimum absolute atomic E-state index is 0.284. The molecule has 0 atom stereocenters. The van der Waals surface area contributed by atoms with Crippen LogP contribution < -0.4 is 5.32 Å². The van der Waals surface area contributed by atoms with Gasteiger partial charge in [-0.05, 0) is 48.5 Å². The maximum Gasteiger partial charge on any atom is 0.412 e. The minimum Gasteiger partial charge on any atom is -0.453 e. The first-order chi connectivity index (χ1) is 16.0. The van der Waals surface area contributed by atoms with Crippen LogP contribution >= 0.6 is 0 Å². The molecule has 5 aromatic rings. The van der Waals surface area contributed by atoms with Crippen LogP contribution in [-0.4, -0.2) is 37.4 Å². The van der Waals surface area contributed by atoms with E-state index in [0.29, 0.717) is 5.82 Å². The van der Waals surface area contributed by atoms with Crippen LogP contribution in [0, 0.1) is 5.82 Å². The van der Waals surface area contributed by atoms with Crippen molar-refractivity contribution in [1.29, 1.82) is 0 Å². The fraction of sp³-hybridized carbons (Fsp3) is 0.0833. The highest BCUT2D eigenvalue weighted by Gasteiger charge is 2.15. The number of hydrogen-bond acceptors (Lipinski definition) is 5. The molecule has 4 aromatic heterocycles. The molecule has 0 unspecified atom stereocenters. The van der Waals surface area contributed by atoms with E-state index in [0.717, 1.165) is 39.3 Å². The molecule has 4 heterocycles. The van der Waals surface area contributed by atoms with Crippen LogP contribution in [0.3, 0.4) is 0 Å². The van der Waals surface area contributed by atoms with Gasteiger partial charge in [-0.15, -0.1) is 0 Å². The average molecular weight is 442 g/mol. The fourth-order valence-electron chi connectivity index (χ4n) is 3.73. The molecule has 0 aliphatic carbocycles. The molecule has 1 N–H and O–H groups in total. The summed E-state index contributed by atoms with van der Waals surface area (Å²) < 4.78 is 21.8. The van der Waals surface area contributed by atoms with Crippen molar-refractivity contribution >= 4 is 17.6 Å². The number of anilines is 1. The van der Waals surface area contributed by atoms with E-state index in [4.69, 9.17) is 0 Å². The minimum atomic E-state index is -0.580. The Morgan fingerprint density at radius 1 is 0.939 bits per heavy atom. The third-order valence-electron chi connectivity index (χ3n) is 5.35. The number of imidazole rings is 1. The SMILES string of the molecule is COC(=O)Nc1ccc(-c2cnc3ccc(-c4cnn(C)c4-c4ccc(F)cc4)cn23)cn1. The third-order valence-corrected chi connectivity index (χ3v) is 5.35. The molecular weight excluding hydrogens is 423 g/mol. The quantitative estimate of drug-likeness (QED) is 0.433. The molecule has 8 nitrogen and oxygen atoms in total. The van der Waals surface area contributed by atoms with Crippen molar-refractivity contribution < 1.29 is 13.9 Å². The van der Waals surface area contributed by atoms with Gasteiger partial charge in [0.2, 0.25) is 0 Å². The molecule has 5 rings (SSSR count). The van der Waals surface area contributed by atoms with Crippen molar-refractivity contribution in [2.75, 3.05) is 12.4 Å². The molecule has 0 saturated heterocycles. The van der Waals surface area contributed by atoms with E-state index in [1.165, 1.54) is 19.2 Å². The van der Waals surface area contributed by atoms with Crippen LogP contribution in [0.2, 0.25) is 0 Å². The molecule has 0 fully saturated rings. The second-order valence-electron chi connectivity index (χ2n) is 7.38. The molecule has 0 radical (unpaired) electrons. The van der Waals surface area contributed by atoms with Gasteiger partial charge < -0.3 is 4.74 Å². The summed E-state index contributed by atoms with van der Waals surface area (Å²) >= 11 is 0. The van der Waals surface area contributed by atoms with E-state index in [1.807, 2.05) is 35.8 Å². The number of carbonyl (C=O) groups is 1. The van der Waals surface area contributed by atoms with E-state index >= 15 is 0 Å². The summed E-state index contributed by atoms with van der Waals surface area (Å²) in [6.45, 7) is 0. The first-order valence-corrected chi connectivity index (χ1v) is 10.1. The number of pyridine rings is 2. The number of nitrogens with zero attached hydrogens (tertiary/aromatic N) is 5. The number of carbonyl (C=O) groups excluding carboxylic acids is 1. The lowest BCUT2D eigenvalue weighted by Crippen LogP contribution is -2.11. The zero-order valence-corrected chi connectivity index (χ0v) is 17.9. The molecule has 0 bridgehead atoms. The average Bonchev–Trinajstić information content (AvgIpc) is 3.43. The molecule has 9 heteroatoms. The van der Waals surface area contributed by atoms with Gasteiger partial charge in [-0.25, -0.2) is 19.2 Å². The number of amides is 1. The van der Waals surface area contributed by atoms with Crippen molar-refractivity contribution in [2.45, 2.75) is 0 Å². The molecule has 33 heavy (non-hydrogen) atoms. The Bertz CT molecular complexity index is 1460. The van der Waals surface area contributed by atoms with Crippen LogP contribution in [0.4, 0.5) is 15.0 Å². The van der Waals surface area contributed by atoms with E-state index in [-0.39, 0.29) is 5.82 Å². The van der Waals surface area contributed by atoms with E-state index in [1.54, 1.807) is 41.5 Å². The van der Waals surface area contributed by atoms with Gasteiger partial charge in [0.15, 0.2) is 0 Å². The summed E-state index contributed by atoms with van der Waals surface area (Å²) in [4.78, 5) is 20.1. The molecule has 1 aromatic carbocycles. The summed E-state index contributed by atoms with van der Waals surface area (Å²) in [5.41, 5.74) is 6.06. The van der Waals surface area contributed by atoms with Crippen LogP contribution in [0.1, 0.15) is 0 Å². The molecule has 0 spiro atoms. The second kappa shape index (κ2) is 8.19. The van der Waals surface area contributed by atoms with Crippen LogP contribution in [0.25, 0.3) is 39.3 Å². The lowest BCUT2D eigenvalue weighted by Gasteiger charge is -2.09. The van der Waals surface area contributed by atoms with Gasteiger partial charge in [0, 0.05) is 41.7 Å². The zero-order chi connectivity index (χ0) is 22.9. The van der Waals surface area contributed by atoms with Crippen LogP contribution in [-0.2, 0) is 11.8 Å². The van der Waals surface area contributed by atoms with Crippen LogP contribution in [0.5, 0.6) is 0 Å². The predicted octanol–water partition coefficient (Wildman–Crippen LogP) is 4.78. The van der Waals surface area contributed by atoms with Crippen molar-refractivity contribution in [3.8, 4) is 33.6 Å². The van der Waals surface area contributed by atoms with Gasteiger partial charge >= 0.3 is 6.09 Å². The number of benzene rings is 1. The first kappa shape index (κ1) is 20.4. The highest BCUT2D eigenvalue weighted by Crippen LogP contribution is 2.33. The molecule has 0 aliphatic heterocycles. The maximum atomic E-state index is 13.4. The Hall–Kier alpha value is -4.53. The van der Waals surface area contributed by atoms with Gasteiger partial charge in [-0.2, -0.15) is 5.10 Å². The number of rotatable bonds is 4. The van der Waals surface area contributed by atoms with E-state index < -0.39 is 6.09 Å². The normalized spacial score (nSPS) is 11.0. The molecule has 0 aliphatic rings. The smallest absolute Gasteiger partial charge is 0.412 e. The largest absolute Gasteiger partial charge is 0.453 e. The summed E-state index contributed by atoms with van der Waals surface area (Å²) in [6, 6.07) is 13.8. The van der Waals surface area contributed by atoms with Crippen molar-refractivity contribution in [1.82, 2.24) is 24.1 Å². The lowest BCUT2D eigenvalue weighted by molar-refractivity contribution is 0.187. The number of fused-ring (bicyclic) bond motifs is 1. The van der Waals surface area contributed by atoms with Crippen LogP contribution in [0.15, 0.2) is 73.3 Å². The summed E-state index contributed by atoms with van der Waals surface area (Å²) in [6.07, 6.45) is 6.64. The van der Waals surface area contributed by atoms with Gasteiger partial charge in [0.25, 0.3) is 0 Å². The molecule has 1 amide bonds. The molecular formula is C24H19FN6O2. The maximum absolute atomic E-state index is 13.4. The van der Waals surface area contributed by atoms with Gasteiger partial charge in [-0.3, -0.25) is 14.4 Å². The number of aryl methyl sites for hydroxylation is 1. The fourth-order valence-corrected chi connectivity index (χ4v) is 3.73. The highest BCUT2D eigenvalue weighted by molar-refractivity contribution is 5.84. The summed E-state index contributed by atoms with van der Waals surface area (Å²) in [5.74, 6) is 0.104. The number of halogens is 1. The monoisotopic (exact) mass is 442 g/mol. The third kappa shape index (κ3) is 3.80.